The lowest BCUT2D eigenvalue weighted by atomic mass is 10.2. The van der Waals surface area contributed by atoms with Gasteiger partial charge in [-0.05, 0) is 16.0 Å². The highest BCUT2D eigenvalue weighted by Crippen LogP contribution is 2.00. The predicted octanol–water partition coefficient (Wildman–Crippen LogP) is 0.669. The van der Waals surface area contributed by atoms with E-state index in [1.165, 1.54) is 0 Å². The van der Waals surface area contributed by atoms with Crippen LogP contribution in [-0.4, -0.2) is 33.3 Å². The van der Waals surface area contributed by atoms with Crippen molar-refractivity contribution in [2.75, 3.05) is 6.54 Å². The third-order valence-corrected chi connectivity index (χ3v) is 2.23. The third-order valence-electron chi connectivity index (χ3n) is 2.23. The van der Waals surface area contributed by atoms with Crippen molar-refractivity contribution in [2.45, 2.75) is 13.0 Å². The van der Waals surface area contributed by atoms with E-state index in [9.17, 15) is 4.79 Å². The van der Waals surface area contributed by atoms with Gasteiger partial charge in [0.25, 0.3) is 0 Å². The zero-order valence-corrected chi connectivity index (χ0v) is 9.67. The molecule has 0 aliphatic rings. The third kappa shape index (κ3) is 3.85. The normalized spacial score (nSPS) is 10.0. The standard InChI is InChI=1S/C11H13N5O2/c17-11(12-7-6-10-13-15-16-14-10)18-8-9-4-2-1-3-5-9/h1-5H,6-8H2,(H,12,17)(H,13,14,15,16). The van der Waals surface area contributed by atoms with Crippen molar-refractivity contribution in [3.63, 3.8) is 0 Å². The molecule has 1 aromatic carbocycles. The molecular formula is C11H13N5O2. The lowest BCUT2D eigenvalue weighted by molar-refractivity contribution is 0.140. The van der Waals surface area contributed by atoms with E-state index in [1.54, 1.807) is 0 Å². The van der Waals surface area contributed by atoms with Gasteiger partial charge in [-0.3, -0.25) is 0 Å². The summed E-state index contributed by atoms with van der Waals surface area (Å²) < 4.78 is 5.04. The number of H-pyrrole nitrogens is 1. The molecule has 0 saturated carbocycles. The van der Waals surface area contributed by atoms with Crippen LogP contribution in [0.4, 0.5) is 4.79 Å². The number of tetrazole rings is 1. The van der Waals surface area contributed by atoms with E-state index in [1.807, 2.05) is 30.3 Å². The van der Waals surface area contributed by atoms with Gasteiger partial charge < -0.3 is 10.1 Å². The lowest BCUT2D eigenvalue weighted by Crippen LogP contribution is -2.26. The summed E-state index contributed by atoms with van der Waals surface area (Å²) >= 11 is 0. The van der Waals surface area contributed by atoms with Gasteiger partial charge in [-0.15, -0.1) is 5.10 Å². The quantitative estimate of drug-likeness (QED) is 0.810. The van der Waals surface area contributed by atoms with Crippen LogP contribution in [0.25, 0.3) is 0 Å². The highest BCUT2D eigenvalue weighted by molar-refractivity contribution is 5.67. The van der Waals surface area contributed by atoms with E-state index in [4.69, 9.17) is 4.74 Å². The van der Waals surface area contributed by atoms with Gasteiger partial charge in [-0.25, -0.2) is 9.89 Å². The van der Waals surface area contributed by atoms with Crippen LogP contribution >= 0.6 is 0 Å². The van der Waals surface area contributed by atoms with E-state index in [0.29, 0.717) is 18.8 Å². The minimum atomic E-state index is -0.452. The van der Waals surface area contributed by atoms with Crippen LogP contribution in [0, 0.1) is 0 Å². The average molecular weight is 247 g/mol. The summed E-state index contributed by atoms with van der Waals surface area (Å²) in [6, 6.07) is 9.50. The summed E-state index contributed by atoms with van der Waals surface area (Å²) in [4.78, 5) is 11.3. The molecule has 94 valence electrons. The molecule has 1 heterocycles. The molecule has 1 amide bonds. The summed E-state index contributed by atoms with van der Waals surface area (Å²) in [6.45, 7) is 0.682. The maximum atomic E-state index is 11.3. The van der Waals surface area contributed by atoms with Crippen molar-refractivity contribution in [3.05, 3.63) is 41.7 Å². The van der Waals surface area contributed by atoms with Crippen molar-refractivity contribution >= 4 is 6.09 Å². The lowest BCUT2D eigenvalue weighted by Gasteiger charge is -2.05. The van der Waals surface area contributed by atoms with Crippen LogP contribution < -0.4 is 5.32 Å². The highest BCUT2D eigenvalue weighted by Gasteiger charge is 2.03. The predicted molar refractivity (Wildman–Crippen MR) is 62.5 cm³/mol. The first-order valence-electron chi connectivity index (χ1n) is 5.52. The van der Waals surface area contributed by atoms with E-state index >= 15 is 0 Å². The van der Waals surface area contributed by atoms with E-state index in [-0.39, 0.29) is 6.61 Å². The number of rotatable bonds is 5. The first-order valence-corrected chi connectivity index (χ1v) is 5.52. The van der Waals surface area contributed by atoms with Crippen LogP contribution in [0.15, 0.2) is 30.3 Å². The zero-order chi connectivity index (χ0) is 12.6. The minimum absolute atomic E-state index is 0.260. The maximum absolute atomic E-state index is 11.3. The molecule has 2 N–H and O–H groups in total. The second-order valence-electron chi connectivity index (χ2n) is 3.59. The Labute approximate surface area is 104 Å². The Hall–Kier alpha value is -2.44. The molecule has 0 radical (unpaired) electrons. The maximum Gasteiger partial charge on any atom is 0.407 e. The Morgan fingerprint density at radius 1 is 1.33 bits per heavy atom. The molecule has 0 atom stereocenters. The summed E-state index contributed by atoms with van der Waals surface area (Å²) in [5, 5.41) is 15.8. The van der Waals surface area contributed by atoms with Crippen LogP contribution in [0.5, 0.6) is 0 Å². The Morgan fingerprint density at radius 3 is 2.89 bits per heavy atom. The van der Waals surface area contributed by atoms with Gasteiger partial charge >= 0.3 is 6.09 Å². The molecule has 0 fully saturated rings. The van der Waals surface area contributed by atoms with Gasteiger partial charge in [-0.1, -0.05) is 30.3 Å². The van der Waals surface area contributed by atoms with Crippen molar-refractivity contribution in [1.82, 2.24) is 25.9 Å². The molecule has 2 aromatic rings. The Morgan fingerprint density at radius 2 is 2.17 bits per heavy atom. The molecule has 0 saturated heterocycles. The number of carbonyl (C=O) groups excluding carboxylic acids is 1. The molecule has 0 aliphatic heterocycles. The van der Waals surface area contributed by atoms with Crippen molar-refractivity contribution in [1.29, 1.82) is 0 Å². The SMILES string of the molecule is O=C(NCCc1nnn[nH]1)OCc1ccccc1. The number of nitrogens with zero attached hydrogens (tertiary/aromatic N) is 3. The first-order chi connectivity index (χ1) is 8.84. The monoisotopic (exact) mass is 247 g/mol. The minimum Gasteiger partial charge on any atom is -0.445 e. The topological polar surface area (TPSA) is 92.8 Å². The average Bonchev–Trinajstić information content (AvgIpc) is 2.91. The molecule has 0 unspecified atom stereocenters. The van der Waals surface area contributed by atoms with Crippen molar-refractivity contribution < 1.29 is 9.53 Å². The van der Waals surface area contributed by atoms with Gasteiger partial charge in [0.1, 0.15) is 12.4 Å². The number of hydrogen-bond donors (Lipinski definition) is 2. The molecule has 7 heteroatoms. The molecule has 2 rings (SSSR count). The number of carbonyl (C=O) groups is 1. The number of amides is 1. The number of alkyl carbamates (subject to hydrolysis) is 1. The van der Waals surface area contributed by atoms with Gasteiger partial charge in [0.05, 0.1) is 0 Å². The van der Waals surface area contributed by atoms with Crippen LogP contribution in [0.2, 0.25) is 0 Å². The fourth-order valence-corrected chi connectivity index (χ4v) is 1.34. The number of nitrogens with one attached hydrogen (secondary N) is 2. The van der Waals surface area contributed by atoms with E-state index in [2.05, 4.69) is 25.9 Å². The Kier molecular flexibility index (Phi) is 4.23. The van der Waals surface area contributed by atoms with Crippen molar-refractivity contribution in [2.24, 2.45) is 0 Å². The zero-order valence-electron chi connectivity index (χ0n) is 9.67. The molecule has 0 spiro atoms. The van der Waals surface area contributed by atoms with Crippen LogP contribution in [-0.2, 0) is 17.8 Å². The smallest absolute Gasteiger partial charge is 0.407 e. The molecule has 0 aliphatic carbocycles. The second-order valence-corrected chi connectivity index (χ2v) is 3.59. The number of hydrogen-bond acceptors (Lipinski definition) is 5. The summed E-state index contributed by atoms with van der Waals surface area (Å²) in [5.74, 6) is 0.623. The number of aromatic amines is 1. The fourth-order valence-electron chi connectivity index (χ4n) is 1.34. The first kappa shape index (κ1) is 12.0. The van der Waals surface area contributed by atoms with E-state index in [0.717, 1.165) is 5.56 Å². The van der Waals surface area contributed by atoms with Gasteiger partial charge in [0.2, 0.25) is 0 Å². The van der Waals surface area contributed by atoms with Gasteiger partial charge in [0.15, 0.2) is 0 Å². The second kappa shape index (κ2) is 6.33. The number of aromatic nitrogens is 4. The number of benzene rings is 1. The Bertz CT molecular complexity index is 471. The molecule has 18 heavy (non-hydrogen) atoms. The summed E-state index contributed by atoms with van der Waals surface area (Å²) in [7, 11) is 0. The van der Waals surface area contributed by atoms with Gasteiger partial charge in [0, 0.05) is 13.0 Å². The van der Waals surface area contributed by atoms with E-state index < -0.39 is 6.09 Å². The molecule has 0 bridgehead atoms. The van der Waals surface area contributed by atoms with Crippen LogP contribution in [0.1, 0.15) is 11.4 Å². The molecule has 7 nitrogen and oxygen atoms in total. The highest BCUT2D eigenvalue weighted by atomic mass is 16.5. The molecular weight excluding hydrogens is 234 g/mol. The summed E-state index contributed by atoms with van der Waals surface area (Å²) in [5.41, 5.74) is 0.951. The Balaban J connectivity index is 1.63. The number of ether oxygens (including phenoxy) is 1. The van der Waals surface area contributed by atoms with Crippen molar-refractivity contribution in [3.8, 4) is 0 Å². The summed E-state index contributed by atoms with van der Waals surface area (Å²) in [6.07, 6.45) is 0.0827. The molecule has 1 aromatic heterocycles. The van der Waals surface area contributed by atoms with Gasteiger partial charge in [-0.2, -0.15) is 0 Å². The fraction of sp³-hybridized carbons (Fsp3) is 0.273. The van der Waals surface area contributed by atoms with Crippen LogP contribution in [0.3, 0.4) is 0 Å². The largest absolute Gasteiger partial charge is 0.445 e.